The Bertz CT molecular complexity index is 2350. The topological polar surface area (TPSA) is 38.9 Å². The average molecular weight is 700 g/mol. The first-order valence-corrected chi connectivity index (χ1v) is 19.0. The molecule has 0 N–H and O–H groups in total. The van der Waals surface area contributed by atoms with E-state index in [1.54, 1.807) is 0 Å². The fourth-order valence-electron chi connectivity index (χ4n) is 7.71. The van der Waals surface area contributed by atoms with Crippen LogP contribution in [0.25, 0.3) is 21.8 Å². The lowest BCUT2D eigenvalue weighted by Gasteiger charge is -2.15. The molecule has 1 saturated carbocycles. The van der Waals surface area contributed by atoms with Crippen molar-refractivity contribution in [3.8, 4) is 5.75 Å². The smallest absolute Gasteiger partial charge is 0.120 e. The van der Waals surface area contributed by atoms with Gasteiger partial charge in [0.15, 0.2) is 0 Å². The van der Waals surface area contributed by atoms with Gasteiger partial charge in [0, 0.05) is 39.6 Å². The highest BCUT2D eigenvalue weighted by Crippen LogP contribution is 2.36. The van der Waals surface area contributed by atoms with Crippen LogP contribution in [0.15, 0.2) is 192 Å². The molecule has 0 aliphatic heterocycles. The molecule has 4 nitrogen and oxygen atoms in total. The Morgan fingerprint density at radius 3 is 1.37 bits per heavy atom. The summed E-state index contributed by atoms with van der Waals surface area (Å²) in [6.45, 7) is 0.677. The van der Waals surface area contributed by atoms with Gasteiger partial charge in [0.1, 0.15) is 5.75 Å². The molecule has 0 amide bonds. The second kappa shape index (κ2) is 15.2. The molecule has 1 heterocycles. The number of benzene rings is 7. The molecule has 7 aromatic carbocycles. The number of nitrogens with zero attached hydrogens (tertiary/aromatic N) is 3. The molecule has 0 spiro atoms. The summed E-state index contributed by atoms with van der Waals surface area (Å²) in [4.78, 5) is 10.6. The SMILES string of the molecule is c1ccc(C(=Nc2ccc3c4ccc(N=C(c5ccccc5)c5ccccc5)cc4n(Cc4cccc(OC5CCCC5)c4)c3c2)c2ccccc2)cc1. The predicted molar refractivity (Wildman–Crippen MR) is 224 cm³/mol. The Balaban J connectivity index is 1.20. The van der Waals surface area contributed by atoms with E-state index >= 15 is 0 Å². The van der Waals surface area contributed by atoms with Crippen LogP contribution >= 0.6 is 0 Å². The maximum atomic E-state index is 6.46. The summed E-state index contributed by atoms with van der Waals surface area (Å²) < 4.78 is 8.88. The van der Waals surface area contributed by atoms with Crippen molar-refractivity contribution in [1.29, 1.82) is 0 Å². The fourth-order valence-corrected chi connectivity index (χ4v) is 7.71. The number of hydrogen-bond donors (Lipinski definition) is 0. The second-order valence-electron chi connectivity index (χ2n) is 14.0. The third-order valence-corrected chi connectivity index (χ3v) is 10.3. The van der Waals surface area contributed by atoms with Gasteiger partial charge >= 0.3 is 0 Å². The van der Waals surface area contributed by atoms with Gasteiger partial charge in [-0.15, -0.1) is 0 Å². The first-order chi connectivity index (χ1) is 26.7. The summed E-state index contributed by atoms with van der Waals surface area (Å²) in [5.74, 6) is 0.946. The van der Waals surface area contributed by atoms with E-state index in [0.29, 0.717) is 12.6 Å². The van der Waals surface area contributed by atoms with Gasteiger partial charge in [-0.25, -0.2) is 9.98 Å². The highest BCUT2D eigenvalue weighted by molar-refractivity contribution is 6.16. The van der Waals surface area contributed by atoms with Crippen molar-refractivity contribution < 1.29 is 4.74 Å². The third kappa shape index (κ3) is 7.11. The zero-order chi connectivity index (χ0) is 36.1. The predicted octanol–water partition coefficient (Wildman–Crippen LogP) is 12.5. The zero-order valence-electron chi connectivity index (χ0n) is 30.2. The van der Waals surface area contributed by atoms with Gasteiger partial charge < -0.3 is 9.30 Å². The molecule has 1 aliphatic rings. The first-order valence-electron chi connectivity index (χ1n) is 19.0. The number of fused-ring (bicyclic) bond motifs is 3. The van der Waals surface area contributed by atoms with Crippen LogP contribution in [-0.4, -0.2) is 22.1 Å². The number of aliphatic imine (C=N–C) groups is 2. The van der Waals surface area contributed by atoms with Crippen molar-refractivity contribution in [2.45, 2.75) is 38.3 Å². The van der Waals surface area contributed by atoms with Crippen molar-refractivity contribution in [2.24, 2.45) is 9.98 Å². The molecule has 0 bridgehead atoms. The van der Waals surface area contributed by atoms with E-state index in [0.717, 1.165) is 74.7 Å². The molecule has 1 fully saturated rings. The highest BCUT2D eigenvalue weighted by atomic mass is 16.5. The van der Waals surface area contributed by atoms with Gasteiger partial charge in [-0.05, 0) is 67.6 Å². The number of rotatable bonds is 10. The van der Waals surface area contributed by atoms with E-state index in [1.165, 1.54) is 29.2 Å². The summed E-state index contributed by atoms with van der Waals surface area (Å²) >= 11 is 0. The highest BCUT2D eigenvalue weighted by Gasteiger charge is 2.18. The monoisotopic (exact) mass is 699 g/mol. The van der Waals surface area contributed by atoms with Gasteiger partial charge in [-0.2, -0.15) is 0 Å². The minimum atomic E-state index is 0.307. The quantitative estimate of drug-likeness (QED) is 0.131. The van der Waals surface area contributed by atoms with Gasteiger partial charge in [0.2, 0.25) is 0 Å². The normalized spacial score (nSPS) is 12.9. The Hall–Kier alpha value is -6.52. The lowest BCUT2D eigenvalue weighted by molar-refractivity contribution is 0.210. The maximum Gasteiger partial charge on any atom is 0.120 e. The molecule has 9 rings (SSSR count). The van der Waals surface area contributed by atoms with Gasteiger partial charge in [0.25, 0.3) is 0 Å². The van der Waals surface area contributed by atoms with Crippen LogP contribution in [0.4, 0.5) is 11.4 Å². The van der Waals surface area contributed by atoms with E-state index in [1.807, 2.05) is 24.3 Å². The standard InChI is InChI=1S/C50H41N3O/c1-5-17-37(18-6-1)49(38-19-7-2-8-20-38)51-41-28-30-45-46-31-29-42(52-50(39-21-9-3-10-22-39)40-23-11-4-12-24-40)34-48(46)53(47(45)33-41)35-36-16-15-27-44(32-36)54-43-25-13-14-26-43/h1-12,15-24,27-34,43H,13-14,25-26,35H2. The lowest BCUT2D eigenvalue weighted by atomic mass is 10.0. The zero-order valence-corrected chi connectivity index (χ0v) is 30.2. The van der Waals surface area contributed by atoms with Crippen LogP contribution in [0.2, 0.25) is 0 Å². The number of hydrogen-bond acceptors (Lipinski definition) is 3. The van der Waals surface area contributed by atoms with E-state index < -0.39 is 0 Å². The molecule has 8 aromatic rings. The summed E-state index contributed by atoms with van der Waals surface area (Å²) in [6.07, 6.45) is 5.06. The number of aromatic nitrogens is 1. The minimum absolute atomic E-state index is 0.307. The van der Waals surface area contributed by atoms with E-state index in [4.69, 9.17) is 14.7 Å². The molecule has 0 atom stereocenters. The minimum Gasteiger partial charge on any atom is -0.490 e. The van der Waals surface area contributed by atoms with E-state index in [9.17, 15) is 0 Å². The molecule has 0 radical (unpaired) electrons. The Morgan fingerprint density at radius 1 is 0.481 bits per heavy atom. The largest absolute Gasteiger partial charge is 0.490 e. The molecule has 54 heavy (non-hydrogen) atoms. The Morgan fingerprint density at radius 2 is 0.926 bits per heavy atom. The van der Waals surface area contributed by atoms with Crippen molar-refractivity contribution in [2.75, 3.05) is 0 Å². The lowest BCUT2D eigenvalue weighted by Crippen LogP contribution is -2.11. The second-order valence-corrected chi connectivity index (χ2v) is 14.0. The van der Waals surface area contributed by atoms with E-state index in [-0.39, 0.29) is 0 Å². The molecule has 1 aromatic heterocycles. The summed E-state index contributed by atoms with van der Waals surface area (Å²) in [6, 6.07) is 63.6. The Kier molecular flexibility index (Phi) is 9.39. The van der Waals surface area contributed by atoms with Gasteiger partial charge in [0.05, 0.1) is 39.9 Å². The van der Waals surface area contributed by atoms with Crippen molar-refractivity contribution in [1.82, 2.24) is 4.57 Å². The van der Waals surface area contributed by atoms with Crippen LogP contribution in [0.3, 0.4) is 0 Å². The van der Waals surface area contributed by atoms with Gasteiger partial charge in [-0.3, -0.25) is 0 Å². The summed E-state index contributed by atoms with van der Waals surface area (Å²) in [5.41, 5.74) is 11.5. The molecule has 4 heteroatoms. The molecule has 1 aliphatic carbocycles. The Labute approximate surface area is 316 Å². The van der Waals surface area contributed by atoms with E-state index in [2.05, 4.69) is 162 Å². The van der Waals surface area contributed by atoms with Gasteiger partial charge in [-0.1, -0.05) is 146 Å². The summed E-state index contributed by atoms with van der Waals surface area (Å²) in [5, 5.41) is 2.37. The first kappa shape index (κ1) is 33.3. The van der Waals surface area contributed by atoms with Crippen molar-refractivity contribution in [3.63, 3.8) is 0 Å². The molecular weight excluding hydrogens is 659 g/mol. The van der Waals surface area contributed by atoms with Crippen molar-refractivity contribution >= 4 is 44.6 Å². The molecule has 262 valence electrons. The molecule has 0 saturated heterocycles. The van der Waals surface area contributed by atoms with Crippen LogP contribution in [0.5, 0.6) is 5.75 Å². The number of ether oxygens (including phenoxy) is 1. The molecule has 0 unspecified atom stereocenters. The fraction of sp³-hybridized carbons (Fsp3) is 0.120. The van der Waals surface area contributed by atoms with Crippen LogP contribution in [0.1, 0.15) is 53.5 Å². The third-order valence-electron chi connectivity index (χ3n) is 10.3. The van der Waals surface area contributed by atoms with Crippen LogP contribution < -0.4 is 4.74 Å². The van der Waals surface area contributed by atoms with Crippen molar-refractivity contribution in [3.05, 3.63) is 210 Å². The maximum absolute atomic E-state index is 6.46. The van der Waals surface area contributed by atoms with Crippen LogP contribution in [-0.2, 0) is 6.54 Å². The van der Waals surface area contributed by atoms with Crippen LogP contribution in [0, 0.1) is 0 Å². The molecular formula is C50H41N3O. The average Bonchev–Trinajstić information content (AvgIpc) is 3.86. The summed E-state index contributed by atoms with van der Waals surface area (Å²) in [7, 11) is 0.